The first-order chi connectivity index (χ1) is 7.31. The first-order valence-corrected chi connectivity index (χ1v) is 5.40. The van der Waals surface area contributed by atoms with Crippen LogP contribution in [0.4, 0.5) is 5.82 Å². The molecule has 0 spiro atoms. The fourth-order valence-corrected chi connectivity index (χ4v) is 1.97. The van der Waals surface area contributed by atoms with Crippen LogP contribution in [0.15, 0.2) is 12.3 Å². The maximum atomic E-state index is 8.94. The minimum Gasteiger partial charge on any atom is -0.392 e. The molecule has 0 saturated carbocycles. The molecule has 90 valence electrons. The largest absolute Gasteiger partial charge is 0.392 e. The second kappa shape index (κ2) is 6.25. The minimum absolute atomic E-state index is 0. The van der Waals surface area contributed by atoms with Gasteiger partial charge in [-0.15, -0.1) is 12.4 Å². The first kappa shape index (κ1) is 13.5. The predicted octanol–water partition coefficient (Wildman–Crippen LogP) is 1.06. The molecule has 1 aliphatic rings. The zero-order chi connectivity index (χ0) is 10.7. The van der Waals surface area contributed by atoms with Gasteiger partial charge in [-0.05, 0) is 11.6 Å². The van der Waals surface area contributed by atoms with Crippen LogP contribution in [0.3, 0.4) is 0 Å². The van der Waals surface area contributed by atoms with Crippen molar-refractivity contribution in [2.24, 2.45) is 0 Å². The van der Waals surface area contributed by atoms with Crippen LogP contribution >= 0.6 is 24.0 Å². The van der Waals surface area contributed by atoms with Gasteiger partial charge in [-0.3, -0.25) is 0 Å². The Kier molecular flexibility index (Phi) is 5.28. The molecule has 2 heterocycles. The maximum Gasteiger partial charge on any atom is 0.147 e. The highest BCUT2D eigenvalue weighted by Crippen LogP contribution is 2.24. The van der Waals surface area contributed by atoms with Gasteiger partial charge in [-0.25, -0.2) is 4.98 Å². The minimum atomic E-state index is -0.0193. The fraction of sp³-hybridized carbons (Fsp3) is 0.500. The van der Waals surface area contributed by atoms with Crippen LogP contribution in [0.2, 0.25) is 5.02 Å². The molecular formula is C10H15Cl2N3O. The summed E-state index contributed by atoms with van der Waals surface area (Å²) in [4.78, 5) is 6.43. The third kappa shape index (κ3) is 2.98. The standard InChI is InChI=1S/C10H14ClN3O.ClH/c11-9-5-8(7-15)6-13-10(9)14-3-1-12-2-4-14;/h5-6,12,15H,1-4,7H2;1H. The van der Waals surface area contributed by atoms with Crippen LogP contribution in [0.1, 0.15) is 5.56 Å². The molecule has 0 radical (unpaired) electrons. The van der Waals surface area contributed by atoms with Gasteiger partial charge < -0.3 is 15.3 Å². The molecule has 0 aromatic carbocycles. The van der Waals surface area contributed by atoms with E-state index in [1.165, 1.54) is 0 Å². The monoisotopic (exact) mass is 263 g/mol. The summed E-state index contributed by atoms with van der Waals surface area (Å²) in [6.45, 7) is 3.74. The number of aliphatic hydroxyl groups excluding tert-OH is 1. The van der Waals surface area contributed by atoms with Gasteiger partial charge in [0.15, 0.2) is 0 Å². The summed E-state index contributed by atoms with van der Waals surface area (Å²) >= 11 is 6.11. The molecule has 0 unspecified atom stereocenters. The molecule has 2 rings (SSSR count). The number of pyridine rings is 1. The average molecular weight is 264 g/mol. The van der Waals surface area contributed by atoms with Gasteiger partial charge in [0.25, 0.3) is 0 Å². The van der Waals surface area contributed by atoms with Crippen molar-refractivity contribution in [2.75, 3.05) is 31.1 Å². The number of aromatic nitrogens is 1. The Hall–Kier alpha value is -0.550. The Morgan fingerprint density at radius 3 is 2.69 bits per heavy atom. The number of rotatable bonds is 2. The second-order valence-electron chi connectivity index (χ2n) is 3.54. The normalized spacial score (nSPS) is 15.8. The molecule has 6 heteroatoms. The van der Waals surface area contributed by atoms with Crippen molar-refractivity contribution in [1.82, 2.24) is 10.3 Å². The third-order valence-corrected chi connectivity index (χ3v) is 2.76. The number of hydrogen-bond acceptors (Lipinski definition) is 4. The lowest BCUT2D eigenvalue weighted by Crippen LogP contribution is -2.44. The van der Waals surface area contributed by atoms with E-state index in [0.29, 0.717) is 5.02 Å². The van der Waals surface area contributed by atoms with Gasteiger partial charge in [0, 0.05) is 32.4 Å². The van der Waals surface area contributed by atoms with Gasteiger partial charge in [0.2, 0.25) is 0 Å². The molecule has 4 nitrogen and oxygen atoms in total. The summed E-state index contributed by atoms with van der Waals surface area (Å²) in [6.07, 6.45) is 1.67. The number of hydrogen-bond donors (Lipinski definition) is 2. The Labute approximate surface area is 106 Å². The lowest BCUT2D eigenvalue weighted by Gasteiger charge is -2.29. The number of anilines is 1. The van der Waals surface area contributed by atoms with Crippen molar-refractivity contribution in [3.8, 4) is 0 Å². The summed E-state index contributed by atoms with van der Waals surface area (Å²) in [5.41, 5.74) is 0.749. The van der Waals surface area contributed by atoms with E-state index in [2.05, 4.69) is 15.2 Å². The van der Waals surface area contributed by atoms with E-state index < -0.39 is 0 Å². The Morgan fingerprint density at radius 2 is 2.12 bits per heavy atom. The van der Waals surface area contributed by atoms with Gasteiger partial charge in [0.05, 0.1) is 11.6 Å². The molecule has 1 fully saturated rings. The molecule has 1 aromatic rings. The summed E-state index contributed by atoms with van der Waals surface area (Å²) in [6, 6.07) is 1.77. The molecular weight excluding hydrogens is 249 g/mol. The van der Waals surface area contributed by atoms with E-state index >= 15 is 0 Å². The Bertz CT molecular complexity index is 343. The zero-order valence-electron chi connectivity index (χ0n) is 8.82. The highest BCUT2D eigenvalue weighted by molar-refractivity contribution is 6.33. The van der Waals surface area contributed by atoms with Crippen molar-refractivity contribution in [1.29, 1.82) is 0 Å². The number of nitrogens with zero attached hydrogens (tertiary/aromatic N) is 2. The lowest BCUT2D eigenvalue weighted by molar-refractivity contribution is 0.281. The second-order valence-corrected chi connectivity index (χ2v) is 3.95. The fourth-order valence-electron chi connectivity index (χ4n) is 1.67. The molecule has 1 aliphatic heterocycles. The van der Waals surface area contributed by atoms with Gasteiger partial charge in [-0.2, -0.15) is 0 Å². The van der Waals surface area contributed by atoms with Crippen LogP contribution in [-0.4, -0.2) is 36.3 Å². The van der Waals surface area contributed by atoms with E-state index in [1.54, 1.807) is 12.3 Å². The highest BCUT2D eigenvalue weighted by Gasteiger charge is 2.14. The van der Waals surface area contributed by atoms with E-state index in [4.69, 9.17) is 16.7 Å². The quantitative estimate of drug-likeness (QED) is 0.838. The topological polar surface area (TPSA) is 48.4 Å². The van der Waals surface area contributed by atoms with Crippen LogP contribution in [0.25, 0.3) is 0 Å². The third-order valence-electron chi connectivity index (χ3n) is 2.48. The average Bonchev–Trinajstić information content (AvgIpc) is 2.30. The van der Waals surface area contributed by atoms with Crippen molar-refractivity contribution in [2.45, 2.75) is 6.61 Å². The Balaban J connectivity index is 0.00000128. The summed E-state index contributed by atoms with van der Waals surface area (Å²) in [5.74, 6) is 0.815. The first-order valence-electron chi connectivity index (χ1n) is 5.02. The van der Waals surface area contributed by atoms with Crippen LogP contribution < -0.4 is 10.2 Å². The molecule has 0 amide bonds. The van der Waals surface area contributed by atoms with Crippen LogP contribution in [0, 0.1) is 0 Å². The molecule has 2 N–H and O–H groups in total. The van der Waals surface area contributed by atoms with Crippen LogP contribution in [0.5, 0.6) is 0 Å². The smallest absolute Gasteiger partial charge is 0.147 e. The van der Waals surface area contributed by atoms with Crippen LogP contribution in [-0.2, 0) is 6.61 Å². The van der Waals surface area contributed by atoms with Crippen molar-refractivity contribution in [3.63, 3.8) is 0 Å². The number of halogens is 2. The molecule has 1 aromatic heterocycles. The summed E-state index contributed by atoms with van der Waals surface area (Å²) in [7, 11) is 0. The lowest BCUT2D eigenvalue weighted by atomic mass is 10.3. The SMILES string of the molecule is Cl.OCc1cnc(N2CCNCC2)c(Cl)c1. The molecule has 0 bridgehead atoms. The Morgan fingerprint density at radius 1 is 1.44 bits per heavy atom. The molecule has 16 heavy (non-hydrogen) atoms. The van der Waals surface area contributed by atoms with Gasteiger partial charge in [-0.1, -0.05) is 11.6 Å². The van der Waals surface area contributed by atoms with Gasteiger partial charge in [0.1, 0.15) is 5.82 Å². The highest BCUT2D eigenvalue weighted by atomic mass is 35.5. The van der Waals surface area contributed by atoms with E-state index in [9.17, 15) is 0 Å². The summed E-state index contributed by atoms with van der Waals surface area (Å²) < 4.78 is 0. The number of aliphatic hydroxyl groups is 1. The van der Waals surface area contributed by atoms with E-state index in [1.807, 2.05) is 0 Å². The van der Waals surface area contributed by atoms with Crippen molar-refractivity contribution < 1.29 is 5.11 Å². The molecule has 0 aliphatic carbocycles. The summed E-state index contributed by atoms with van der Waals surface area (Å²) in [5, 5.41) is 12.8. The number of nitrogens with one attached hydrogen (secondary N) is 1. The van der Waals surface area contributed by atoms with Crippen molar-refractivity contribution in [3.05, 3.63) is 22.8 Å². The number of piperazine rings is 1. The van der Waals surface area contributed by atoms with Crippen molar-refractivity contribution >= 4 is 29.8 Å². The maximum absolute atomic E-state index is 8.94. The zero-order valence-corrected chi connectivity index (χ0v) is 10.4. The molecule has 0 atom stereocenters. The molecule has 1 saturated heterocycles. The van der Waals surface area contributed by atoms with E-state index in [0.717, 1.165) is 37.6 Å². The van der Waals surface area contributed by atoms with Gasteiger partial charge >= 0.3 is 0 Å². The predicted molar refractivity (Wildman–Crippen MR) is 67.5 cm³/mol. The van der Waals surface area contributed by atoms with E-state index in [-0.39, 0.29) is 19.0 Å².